The fourth-order valence-corrected chi connectivity index (χ4v) is 6.66. The van der Waals surface area contributed by atoms with Gasteiger partial charge in [-0.1, -0.05) is 67.9 Å². The smallest absolute Gasteiger partial charge is 0.243 e. The van der Waals surface area contributed by atoms with Crippen LogP contribution in [0.5, 0.6) is 0 Å². The molecule has 1 atom stereocenters. The van der Waals surface area contributed by atoms with E-state index in [0.717, 1.165) is 42.4 Å². The molecular weight excluding hydrogens is 553 g/mol. The molecule has 1 fully saturated rings. The van der Waals surface area contributed by atoms with Gasteiger partial charge in [-0.3, -0.25) is 9.59 Å². The van der Waals surface area contributed by atoms with Crippen molar-refractivity contribution in [2.24, 2.45) is 0 Å². The van der Waals surface area contributed by atoms with E-state index in [1.807, 2.05) is 37.3 Å². The third-order valence-corrected chi connectivity index (χ3v) is 9.53. The van der Waals surface area contributed by atoms with Crippen molar-refractivity contribution in [3.63, 3.8) is 0 Å². The zero-order valence-corrected chi connectivity index (χ0v) is 25.0. The van der Waals surface area contributed by atoms with Crippen molar-refractivity contribution in [2.45, 2.75) is 69.4 Å². The molecule has 0 radical (unpaired) electrons. The lowest BCUT2D eigenvalue weighted by molar-refractivity contribution is -0.141. The van der Waals surface area contributed by atoms with E-state index in [1.165, 1.54) is 16.4 Å². The molecule has 0 spiro atoms. The molecule has 42 heavy (non-hydrogen) atoms. The van der Waals surface area contributed by atoms with E-state index in [4.69, 9.17) is 0 Å². The number of amides is 2. The summed E-state index contributed by atoms with van der Waals surface area (Å²) in [6.07, 6.45) is 4.37. The number of hydrogen-bond donors (Lipinski definition) is 1. The third-order valence-electron chi connectivity index (χ3n) is 7.62. The van der Waals surface area contributed by atoms with E-state index in [1.54, 1.807) is 41.3 Å². The summed E-state index contributed by atoms with van der Waals surface area (Å²) < 4.78 is 40.9. The quantitative estimate of drug-likeness (QED) is 0.264. The van der Waals surface area contributed by atoms with Gasteiger partial charge in [0.1, 0.15) is 11.9 Å². The monoisotopic (exact) mass is 593 g/mol. The lowest BCUT2D eigenvalue weighted by Crippen LogP contribution is -2.50. The van der Waals surface area contributed by atoms with Gasteiger partial charge in [-0.05, 0) is 66.6 Å². The molecule has 3 aromatic rings. The Balaban J connectivity index is 1.54. The maximum atomic E-state index is 13.8. The van der Waals surface area contributed by atoms with Gasteiger partial charge in [-0.25, -0.2) is 12.8 Å². The third kappa shape index (κ3) is 8.49. The second kappa shape index (κ2) is 15.1. The van der Waals surface area contributed by atoms with Gasteiger partial charge in [0.05, 0.1) is 4.90 Å². The Labute approximate surface area is 248 Å². The van der Waals surface area contributed by atoms with Crippen LogP contribution in [0.25, 0.3) is 0 Å². The number of unbranched alkanes of at least 4 members (excludes halogenated alkanes) is 1. The standard InChI is InChI=1S/C33H40FN3O4S/c1-2-3-21-35-33(39)31(24-27-9-5-4-6-10-27)37(25-28-11-16-29(34)17-12-28)32(38)20-15-26-13-18-30(19-14-26)42(40,41)36-22-7-8-23-36/h4-6,9-14,16-19,31H,2-3,7-8,15,20-25H2,1H3,(H,35,39)/t31-/m0/s1. The summed E-state index contributed by atoms with van der Waals surface area (Å²) in [6, 6.07) is 21.5. The first kappa shape index (κ1) is 31.4. The molecular formula is C33H40FN3O4S. The number of nitrogens with one attached hydrogen (secondary N) is 1. The molecule has 0 bridgehead atoms. The fraction of sp³-hybridized carbons (Fsp3) is 0.394. The highest BCUT2D eigenvalue weighted by atomic mass is 32.2. The van der Waals surface area contributed by atoms with Gasteiger partial charge in [0.15, 0.2) is 0 Å². The molecule has 1 N–H and O–H groups in total. The van der Waals surface area contributed by atoms with Crippen molar-refractivity contribution in [3.05, 3.63) is 101 Å². The molecule has 1 aliphatic rings. The highest BCUT2D eigenvalue weighted by molar-refractivity contribution is 7.89. The average molecular weight is 594 g/mol. The second-order valence-electron chi connectivity index (χ2n) is 10.8. The van der Waals surface area contributed by atoms with Gasteiger partial charge in [0.25, 0.3) is 0 Å². The van der Waals surface area contributed by atoms with Crippen LogP contribution in [0, 0.1) is 5.82 Å². The van der Waals surface area contributed by atoms with Crippen LogP contribution in [0.2, 0.25) is 0 Å². The van der Waals surface area contributed by atoms with Gasteiger partial charge in [0.2, 0.25) is 21.8 Å². The lowest BCUT2D eigenvalue weighted by atomic mass is 10.0. The highest BCUT2D eigenvalue weighted by Gasteiger charge is 2.30. The van der Waals surface area contributed by atoms with Crippen molar-refractivity contribution in [3.8, 4) is 0 Å². The Morgan fingerprint density at radius 1 is 0.905 bits per heavy atom. The van der Waals surface area contributed by atoms with Crippen LogP contribution in [0.3, 0.4) is 0 Å². The Morgan fingerprint density at radius 3 is 2.19 bits per heavy atom. The van der Waals surface area contributed by atoms with Crippen molar-refractivity contribution in [1.29, 1.82) is 0 Å². The Morgan fingerprint density at radius 2 is 1.55 bits per heavy atom. The second-order valence-corrected chi connectivity index (χ2v) is 12.7. The van der Waals surface area contributed by atoms with Crippen LogP contribution < -0.4 is 5.32 Å². The zero-order chi connectivity index (χ0) is 30.0. The molecule has 1 heterocycles. The molecule has 3 aromatic carbocycles. The van der Waals surface area contributed by atoms with Crippen molar-refractivity contribution >= 4 is 21.8 Å². The number of halogens is 1. The zero-order valence-electron chi connectivity index (χ0n) is 24.2. The number of sulfonamides is 1. The van der Waals surface area contributed by atoms with E-state index in [9.17, 15) is 22.4 Å². The summed E-state index contributed by atoms with van der Waals surface area (Å²) in [5, 5.41) is 3.00. The minimum absolute atomic E-state index is 0.132. The van der Waals surface area contributed by atoms with E-state index >= 15 is 0 Å². The highest BCUT2D eigenvalue weighted by Crippen LogP contribution is 2.22. The van der Waals surface area contributed by atoms with Gasteiger partial charge in [-0.2, -0.15) is 4.31 Å². The van der Waals surface area contributed by atoms with E-state index in [-0.39, 0.29) is 35.5 Å². The average Bonchev–Trinajstić information content (AvgIpc) is 3.56. The van der Waals surface area contributed by atoms with E-state index in [0.29, 0.717) is 32.5 Å². The Kier molecular flexibility index (Phi) is 11.3. The number of carbonyl (C=O) groups excluding carboxylic acids is 2. The molecule has 0 saturated carbocycles. The Bertz CT molecular complexity index is 1410. The van der Waals surface area contributed by atoms with E-state index < -0.39 is 16.1 Å². The number of benzene rings is 3. The predicted octanol–water partition coefficient (Wildman–Crippen LogP) is 5.10. The summed E-state index contributed by atoms with van der Waals surface area (Å²) in [7, 11) is -3.51. The molecule has 1 saturated heterocycles. The number of carbonyl (C=O) groups is 2. The minimum atomic E-state index is -3.51. The number of nitrogens with zero attached hydrogens (tertiary/aromatic N) is 2. The maximum Gasteiger partial charge on any atom is 0.243 e. The Hall–Kier alpha value is -3.56. The SMILES string of the molecule is CCCCNC(=O)[C@H](Cc1ccccc1)N(Cc1ccc(F)cc1)C(=O)CCc1ccc(S(=O)(=O)N2CCCC2)cc1. The normalized spacial score (nSPS) is 14.4. The van der Waals surface area contributed by atoms with Crippen LogP contribution in [0.4, 0.5) is 4.39 Å². The predicted molar refractivity (Wildman–Crippen MR) is 162 cm³/mol. The van der Waals surface area contributed by atoms with Crippen LogP contribution in [-0.4, -0.2) is 55.1 Å². The maximum absolute atomic E-state index is 13.8. The first-order valence-corrected chi connectivity index (χ1v) is 16.2. The van der Waals surface area contributed by atoms with Crippen molar-refractivity contribution < 1.29 is 22.4 Å². The topological polar surface area (TPSA) is 86.8 Å². The molecule has 4 rings (SSSR count). The summed E-state index contributed by atoms with van der Waals surface area (Å²) in [5.41, 5.74) is 2.48. The molecule has 2 amide bonds. The molecule has 0 unspecified atom stereocenters. The van der Waals surface area contributed by atoms with Crippen LogP contribution in [-0.2, 0) is 39.0 Å². The molecule has 7 nitrogen and oxygen atoms in total. The van der Waals surface area contributed by atoms with Gasteiger partial charge in [0, 0.05) is 39.0 Å². The summed E-state index contributed by atoms with van der Waals surface area (Å²) >= 11 is 0. The number of aryl methyl sites for hydroxylation is 1. The largest absolute Gasteiger partial charge is 0.354 e. The first-order chi connectivity index (χ1) is 20.3. The van der Waals surface area contributed by atoms with Crippen molar-refractivity contribution in [1.82, 2.24) is 14.5 Å². The van der Waals surface area contributed by atoms with Crippen LogP contribution in [0.15, 0.2) is 83.8 Å². The lowest BCUT2D eigenvalue weighted by Gasteiger charge is -2.31. The first-order valence-electron chi connectivity index (χ1n) is 14.7. The molecule has 224 valence electrons. The summed E-state index contributed by atoms with van der Waals surface area (Å²) in [6.45, 7) is 3.81. The van der Waals surface area contributed by atoms with Crippen LogP contribution >= 0.6 is 0 Å². The number of hydrogen-bond acceptors (Lipinski definition) is 4. The fourth-order valence-electron chi connectivity index (χ4n) is 5.15. The van der Waals surface area contributed by atoms with Gasteiger partial charge >= 0.3 is 0 Å². The van der Waals surface area contributed by atoms with Gasteiger partial charge < -0.3 is 10.2 Å². The number of rotatable bonds is 14. The molecule has 9 heteroatoms. The van der Waals surface area contributed by atoms with Crippen LogP contribution in [0.1, 0.15) is 55.7 Å². The summed E-state index contributed by atoms with van der Waals surface area (Å²) in [4.78, 5) is 29.2. The minimum Gasteiger partial charge on any atom is -0.354 e. The summed E-state index contributed by atoms with van der Waals surface area (Å²) in [5.74, 6) is -0.802. The van der Waals surface area contributed by atoms with Crippen molar-refractivity contribution in [2.75, 3.05) is 19.6 Å². The molecule has 0 aromatic heterocycles. The molecule has 1 aliphatic heterocycles. The van der Waals surface area contributed by atoms with E-state index in [2.05, 4.69) is 5.32 Å². The van der Waals surface area contributed by atoms with Gasteiger partial charge in [-0.15, -0.1) is 0 Å². The molecule has 0 aliphatic carbocycles.